The Hall–Kier alpha value is -0.420. The summed E-state index contributed by atoms with van der Waals surface area (Å²) in [6.45, 7) is 0.496. The third-order valence-electron chi connectivity index (χ3n) is 1.54. The minimum absolute atomic E-state index is 0.496. The maximum Gasteiger partial charge on any atom is 0.133 e. The van der Waals surface area contributed by atoms with Gasteiger partial charge in [0, 0.05) is 17.3 Å². The molecule has 2 heterocycles. The molecule has 2 nitrogen and oxygen atoms in total. The summed E-state index contributed by atoms with van der Waals surface area (Å²) in [5.41, 5.74) is 6.40. The molecule has 0 fully saturated rings. The molecule has 0 aliphatic heterocycles. The molecule has 2 N–H and O–H groups in total. The van der Waals surface area contributed by atoms with Gasteiger partial charge in [-0.15, -0.1) is 22.7 Å². The maximum atomic E-state index is 5.81. The average Bonchev–Trinajstić information content (AvgIpc) is 2.71. The topological polar surface area (TPSA) is 38.9 Å². The van der Waals surface area contributed by atoms with E-state index in [1.165, 1.54) is 0 Å². The fourth-order valence-electron chi connectivity index (χ4n) is 0.939. The lowest BCUT2D eigenvalue weighted by molar-refractivity contribution is 1.01. The average molecular weight is 231 g/mol. The van der Waals surface area contributed by atoms with Crippen LogP contribution < -0.4 is 5.73 Å². The summed E-state index contributed by atoms with van der Waals surface area (Å²) in [6, 6.07) is 1.92. The molecule has 0 aromatic carbocycles. The number of halogens is 1. The summed E-state index contributed by atoms with van der Waals surface area (Å²) in [7, 11) is 0. The number of rotatable bonds is 2. The molecular formula is C8H7ClN2S2. The molecule has 2 aromatic rings. The first-order valence-electron chi connectivity index (χ1n) is 3.68. The molecule has 0 saturated heterocycles. The predicted molar refractivity (Wildman–Crippen MR) is 58.3 cm³/mol. The van der Waals surface area contributed by atoms with E-state index in [2.05, 4.69) is 4.98 Å². The number of thiazole rings is 1. The minimum Gasteiger partial charge on any atom is -0.325 e. The zero-order valence-corrected chi connectivity index (χ0v) is 9.05. The van der Waals surface area contributed by atoms with Crippen molar-refractivity contribution in [2.45, 2.75) is 6.54 Å². The van der Waals surface area contributed by atoms with Crippen molar-refractivity contribution in [2.24, 2.45) is 5.73 Å². The van der Waals surface area contributed by atoms with Crippen LogP contribution in [0.4, 0.5) is 0 Å². The molecule has 13 heavy (non-hydrogen) atoms. The number of hydrogen-bond donors (Lipinski definition) is 1. The van der Waals surface area contributed by atoms with Crippen molar-refractivity contribution in [1.29, 1.82) is 0 Å². The van der Waals surface area contributed by atoms with Gasteiger partial charge in [-0.2, -0.15) is 0 Å². The van der Waals surface area contributed by atoms with E-state index >= 15 is 0 Å². The summed E-state index contributed by atoms with van der Waals surface area (Å²) in [4.78, 5) is 5.46. The highest BCUT2D eigenvalue weighted by atomic mass is 35.5. The number of aromatic nitrogens is 1. The molecule has 0 bridgehead atoms. The van der Waals surface area contributed by atoms with Crippen LogP contribution in [0.2, 0.25) is 5.02 Å². The van der Waals surface area contributed by atoms with Crippen molar-refractivity contribution in [3.63, 3.8) is 0 Å². The van der Waals surface area contributed by atoms with E-state index in [0.717, 1.165) is 20.6 Å². The number of hydrogen-bond acceptors (Lipinski definition) is 4. The van der Waals surface area contributed by atoms with E-state index in [1.54, 1.807) is 22.7 Å². The van der Waals surface area contributed by atoms with E-state index in [0.29, 0.717) is 6.54 Å². The van der Waals surface area contributed by atoms with Crippen LogP contribution in [0.25, 0.3) is 9.88 Å². The molecule has 68 valence electrons. The molecule has 2 rings (SSSR count). The van der Waals surface area contributed by atoms with Gasteiger partial charge in [0.15, 0.2) is 0 Å². The molecule has 0 saturated carbocycles. The van der Waals surface area contributed by atoms with E-state index in [1.807, 2.05) is 16.8 Å². The number of thiophene rings is 1. The first kappa shape index (κ1) is 9.15. The van der Waals surface area contributed by atoms with Crippen LogP contribution in [-0.2, 0) is 6.54 Å². The van der Waals surface area contributed by atoms with Crippen molar-refractivity contribution < 1.29 is 0 Å². The first-order valence-corrected chi connectivity index (χ1v) is 5.82. The lowest BCUT2D eigenvalue weighted by Gasteiger charge is -1.86. The summed E-state index contributed by atoms with van der Waals surface area (Å²) >= 11 is 9.02. The lowest BCUT2D eigenvalue weighted by Crippen LogP contribution is -1.95. The molecule has 0 aliphatic rings. The molecule has 0 radical (unpaired) electrons. The second-order valence-corrected chi connectivity index (χ2v) is 4.68. The van der Waals surface area contributed by atoms with Crippen LogP contribution in [0.5, 0.6) is 0 Å². The predicted octanol–water partition coefficient (Wildman–Crippen LogP) is 2.98. The Balaban J connectivity index is 2.35. The van der Waals surface area contributed by atoms with Gasteiger partial charge in [0.25, 0.3) is 0 Å². The maximum absolute atomic E-state index is 5.81. The Morgan fingerprint density at radius 1 is 1.38 bits per heavy atom. The van der Waals surface area contributed by atoms with Gasteiger partial charge in [0.2, 0.25) is 0 Å². The number of nitrogens with zero attached hydrogens (tertiary/aromatic N) is 1. The highest BCUT2D eigenvalue weighted by Gasteiger charge is 2.05. The molecule has 0 amide bonds. The minimum atomic E-state index is 0.496. The van der Waals surface area contributed by atoms with Crippen molar-refractivity contribution in [1.82, 2.24) is 4.98 Å². The van der Waals surface area contributed by atoms with E-state index < -0.39 is 0 Å². The van der Waals surface area contributed by atoms with Crippen LogP contribution in [0, 0.1) is 0 Å². The van der Waals surface area contributed by atoms with Crippen LogP contribution in [0.1, 0.15) is 5.69 Å². The van der Waals surface area contributed by atoms with Gasteiger partial charge in [-0.05, 0) is 6.07 Å². The normalized spacial score (nSPS) is 10.6. The highest BCUT2D eigenvalue weighted by molar-refractivity contribution is 7.20. The standard InChI is InChI=1S/C8H7ClN2S2/c9-5-1-7(12-3-5)8-11-6(2-10)4-13-8/h1,3-4H,2,10H2. The smallest absolute Gasteiger partial charge is 0.133 e. The zero-order valence-electron chi connectivity index (χ0n) is 6.66. The zero-order chi connectivity index (χ0) is 9.26. The monoisotopic (exact) mass is 230 g/mol. The fraction of sp³-hybridized carbons (Fsp3) is 0.125. The van der Waals surface area contributed by atoms with Crippen molar-refractivity contribution in [3.05, 3.63) is 27.5 Å². The van der Waals surface area contributed by atoms with E-state index in [9.17, 15) is 0 Å². The van der Waals surface area contributed by atoms with Gasteiger partial charge in [-0.25, -0.2) is 4.98 Å². The van der Waals surface area contributed by atoms with Gasteiger partial charge in [-0.1, -0.05) is 11.6 Å². The van der Waals surface area contributed by atoms with Crippen molar-refractivity contribution in [2.75, 3.05) is 0 Å². The largest absolute Gasteiger partial charge is 0.325 e. The quantitative estimate of drug-likeness (QED) is 0.862. The fourth-order valence-corrected chi connectivity index (χ4v) is 2.93. The summed E-state index contributed by atoms with van der Waals surface area (Å²) in [6.07, 6.45) is 0. The van der Waals surface area contributed by atoms with E-state index in [4.69, 9.17) is 17.3 Å². The van der Waals surface area contributed by atoms with Gasteiger partial charge >= 0.3 is 0 Å². The van der Waals surface area contributed by atoms with Gasteiger partial charge in [0.1, 0.15) is 5.01 Å². The van der Waals surface area contributed by atoms with Crippen LogP contribution >= 0.6 is 34.3 Å². The van der Waals surface area contributed by atoms with Crippen LogP contribution in [0.15, 0.2) is 16.8 Å². The highest BCUT2D eigenvalue weighted by Crippen LogP contribution is 2.31. The molecular weight excluding hydrogens is 224 g/mol. The van der Waals surface area contributed by atoms with E-state index in [-0.39, 0.29) is 0 Å². The summed E-state index contributed by atoms with van der Waals surface area (Å²) < 4.78 is 0. The summed E-state index contributed by atoms with van der Waals surface area (Å²) in [5.74, 6) is 0. The molecule has 2 aromatic heterocycles. The first-order chi connectivity index (χ1) is 6.29. The summed E-state index contributed by atoms with van der Waals surface area (Å²) in [5, 5.41) is 5.64. The van der Waals surface area contributed by atoms with Crippen molar-refractivity contribution >= 4 is 34.3 Å². The second-order valence-electron chi connectivity index (χ2n) is 2.48. The lowest BCUT2D eigenvalue weighted by atomic mass is 10.4. The molecule has 0 spiro atoms. The van der Waals surface area contributed by atoms with Crippen LogP contribution in [-0.4, -0.2) is 4.98 Å². The van der Waals surface area contributed by atoms with Gasteiger partial charge < -0.3 is 5.73 Å². The Morgan fingerprint density at radius 2 is 2.23 bits per heavy atom. The molecule has 0 unspecified atom stereocenters. The number of nitrogens with two attached hydrogens (primary N) is 1. The third kappa shape index (κ3) is 1.91. The third-order valence-corrected chi connectivity index (χ3v) is 3.88. The second kappa shape index (κ2) is 3.75. The molecule has 0 atom stereocenters. The van der Waals surface area contributed by atoms with Crippen LogP contribution in [0.3, 0.4) is 0 Å². The Bertz CT molecular complexity index is 408. The van der Waals surface area contributed by atoms with Crippen molar-refractivity contribution in [3.8, 4) is 9.88 Å². The Kier molecular flexibility index (Phi) is 2.64. The SMILES string of the molecule is NCc1csc(-c2cc(Cl)cs2)n1. The Labute approximate surface area is 89.0 Å². The molecule has 0 aliphatic carbocycles. The molecule has 5 heteroatoms. The van der Waals surface area contributed by atoms with Gasteiger partial charge in [-0.3, -0.25) is 0 Å². The van der Waals surface area contributed by atoms with Gasteiger partial charge in [0.05, 0.1) is 15.6 Å². The Morgan fingerprint density at radius 3 is 2.77 bits per heavy atom.